The quantitative estimate of drug-likeness (QED) is 0.896. The fourth-order valence-corrected chi connectivity index (χ4v) is 2.51. The number of hydrogen-bond acceptors (Lipinski definition) is 3. The molecular weight excluding hydrogens is 252 g/mol. The van der Waals surface area contributed by atoms with Crippen molar-refractivity contribution < 1.29 is 4.79 Å². The van der Waals surface area contributed by atoms with E-state index in [1.165, 1.54) is 0 Å². The third-order valence-electron chi connectivity index (χ3n) is 3.78. The number of rotatable bonds is 3. The second-order valence-corrected chi connectivity index (χ2v) is 5.34. The van der Waals surface area contributed by atoms with Gasteiger partial charge in [0.1, 0.15) is 0 Å². The van der Waals surface area contributed by atoms with E-state index in [9.17, 15) is 4.79 Å². The summed E-state index contributed by atoms with van der Waals surface area (Å²) in [6, 6.07) is 7.75. The van der Waals surface area contributed by atoms with E-state index >= 15 is 0 Å². The first-order valence-corrected chi connectivity index (χ1v) is 6.82. The van der Waals surface area contributed by atoms with Crippen LogP contribution in [0.1, 0.15) is 19.8 Å². The van der Waals surface area contributed by atoms with Gasteiger partial charge in [-0.1, -0.05) is 6.07 Å². The van der Waals surface area contributed by atoms with Gasteiger partial charge in [0.2, 0.25) is 5.91 Å². The molecule has 1 aromatic carbocycles. The molecule has 1 aliphatic heterocycles. The van der Waals surface area contributed by atoms with Crippen LogP contribution in [0.25, 0.3) is 5.69 Å². The molecule has 1 aromatic heterocycles. The van der Waals surface area contributed by atoms with Gasteiger partial charge in [-0.25, -0.2) is 4.98 Å². The lowest BCUT2D eigenvalue weighted by Crippen LogP contribution is -2.47. The van der Waals surface area contributed by atoms with Crippen LogP contribution in [0.4, 0.5) is 5.69 Å². The molecule has 0 spiro atoms. The number of nitrogens with one attached hydrogen (secondary N) is 2. The predicted octanol–water partition coefficient (Wildman–Crippen LogP) is 1.95. The highest BCUT2D eigenvalue weighted by atomic mass is 16.2. The maximum absolute atomic E-state index is 12.3. The summed E-state index contributed by atoms with van der Waals surface area (Å²) in [4.78, 5) is 16.4. The molecule has 3 rings (SSSR count). The Kier molecular flexibility index (Phi) is 3.28. The largest absolute Gasteiger partial charge is 0.324 e. The molecule has 0 radical (unpaired) electrons. The van der Waals surface area contributed by atoms with Gasteiger partial charge in [-0.2, -0.15) is 0 Å². The van der Waals surface area contributed by atoms with Crippen molar-refractivity contribution in [3.8, 4) is 5.69 Å². The molecule has 5 heteroatoms. The smallest absolute Gasteiger partial charge is 0.244 e. The summed E-state index contributed by atoms with van der Waals surface area (Å²) in [5.74, 6) is 0.0257. The zero-order valence-corrected chi connectivity index (χ0v) is 11.5. The first kappa shape index (κ1) is 12.9. The summed E-state index contributed by atoms with van der Waals surface area (Å²) in [5.41, 5.74) is 1.33. The molecule has 0 saturated carbocycles. The highest BCUT2D eigenvalue weighted by Crippen LogP contribution is 2.21. The van der Waals surface area contributed by atoms with Crippen LogP contribution in [-0.4, -0.2) is 27.5 Å². The summed E-state index contributed by atoms with van der Waals surface area (Å²) < 4.78 is 1.91. The molecule has 0 bridgehead atoms. The number of benzene rings is 1. The van der Waals surface area contributed by atoms with Gasteiger partial charge in [-0.15, -0.1) is 0 Å². The van der Waals surface area contributed by atoms with Crippen molar-refractivity contribution >= 4 is 11.6 Å². The van der Waals surface area contributed by atoms with E-state index in [1.807, 2.05) is 42.0 Å². The Hall–Kier alpha value is -2.14. The van der Waals surface area contributed by atoms with Crippen LogP contribution in [-0.2, 0) is 4.79 Å². The zero-order valence-electron chi connectivity index (χ0n) is 11.5. The Morgan fingerprint density at radius 3 is 3.10 bits per heavy atom. The molecule has 1 aliphatic rings. The topological polar surface area (TPSA) is 59.0 Å². The Morgan fingerprint density at radius 1 is 1.50 bits per heavy atom. The van der Waals surface area contributed by atoms with E-state index < -0.39 is 5.54 Å². The lowest BCUT2D eigenvalue weighted by atomic mass is 9.99. The van der Waals surface area contributed by atoms with Gasteiger partial charge in [0.25, 0.3) is 0 Å². The Labute approximate surface area is 118 Å². The number of amides is 1. The van der Waals surface area contributed by atoms with Crippen molar-refractivity contribution in [2.75, 3.05) is 11.9 Å². The Bertz CT molecular complexity index is 600. The molecule has 104 valence electrons. The lowest BCUT2D eigenvalue weighted by molar-refractivity contribution is -0.121. The maximum atomic E-state index is 12.3. The summed E-state index contributed by atoms with van der Waals surface area (Å²) in [5, 5.41) is 6.26. The summed E-state index contributed by atoms with van der Waals surface area (Å²) in [6.07, 6.45) is 7.26. The van der Waals surface area contributed by atoms with Crippen molar-refractivity contribution in [3.05, 3.63) is 43.0 Å². The average Bonchev–Trinajstić information content (AvgIpc) is 3.11. The second kappa shape index (κ2) is 5.09. The first-order valence-electron chi connectivity index (χ1n) is 6.82. The molecule has 2 N–H and O–H groups in total. The number of carbonyl (C=O) groups is 1. The Balaban J connectivity index is 1.78. The van der Waals surface area contributed by atoms with Crippen LogP contribution in [0.15, 0.2) is 43.0 Å². The average molecular weight is 270 g/mol. The van der Waals surface area contributed by atoms with E-state index in [2.05, 4.69) is 15.6 Å². The molecular formula is C15H18N4O. The summed E-state index contributed by atoms with van der Waals surface area (Å²) >= 11 is 0. The van der Waals surface area contributed by atoms with E-state index in [4.69, 9.17) is 0 Å². The summed E-state index contributed by atoms with van der Waals surface area (Å²) in [7, 11) is 0. The Morgan fingerprint density at radius 2 is 2.40 bits per heavy atom. The van der Waals surface area contributed by atoms with Crippen molar-refractivity contribution in [1.29, 1.82) is 0 Å². The van der Waals surface area contributed by atoms with Crippen molar-refractivity contribution in [2.24, 2.45) is 0 Å². The highest BCUT2D eigenvalue weighted by Gasteiger charge is 2.35. The van der Waals surface area contributed by atoms with Gasteiger partial charge in [0.05, 0.1) is 11.9 Å². The molecule has 1 fully saturated rings. The zero-order chi connectivity index (χ0) is 14.0. The van der Waals surface area contributed by atoms with Crippen molar-refractivity contribution in [1.82, 2.24) is 14.9 Å². The number of hydrogen-bond donors (Lipinski definition) is 2. The lowest BCUT2D eigenvalue weighted by Gasteiger charge is -2.23. The monoisotopic (exact) mass is 270 g/mol. The molecule has 20 heavy (non-hydrogen) atoms. The normalized spacial score (nSPS) is 21.9. The molecule has 2 heterocycles. The van der Waals surface area contributed by atoms with Crippen LogP contribution in [0.5, 0.6) is 0 Å². The van der Waals surface area contributed by atoms with Gasteiger partial charge < -0.3 is 15.2 Å². The van der Waals surface area contributed by atoms with Gasteiger partial charge in [0, 0.05) is 23.8 Å². The molecule has 5 nitrogen and oxygen atoms in total. The minimum Gasteiger partial charge on any atom is -0.324 e. The first-order chi connectivity index (χ1) is 9.67. The van der Waals surface area contributed by atoms with Gasteiger partial charge in [-0.05, 0) is 44.5 Å². The fraction of sp³-hybridized carbons (Fsp3) is 0.333. The summed E-state index contributed by atoms with van der Waals surface area (Å²) in [6.45, 7) is 2.86. The van der Waals surface area contributed by atoms with Gasteiger partial charge >= 0.3 is 0 Å². The maximum Gasteiger partial charge on any atom is 0.244 e. The third-order valence-corrected chi connectivity index (χ3v) is 3.78. The van der Waals surface area contributed by atoms with E-state index in [0.717, 1.165) is 30.8 Å². The number of imidazole rings is 1. The van der Waals surface area contributed by atoms with E-state index in [-0.39, 0.29) is 5.91 Å². The number of aromatic nitrogens is 2. The van der Waals surface area contributed by atoms with Gasteiger partial charge in [-0.3, -0.25) is 4.79 Å². The molecule has 1 unspecified atom stereocenters. The SMILES string of the molecule is CC1(C(=O)Nc2cccc(-n3ccnc3)c2)CCCN1. The molecule has 1 saturated heterocycles. The molecule has 0 aliphatic carbocycles. The van der Waals surface area contributed by atoms with Gasteiger partial charge in [0.15, 0.2) is 0 Å². The van der Waals surface area contributed by atoms with E-state index in [0.29, 0.717) is 0 Å². The van der Waals surface area contributed by atoms with Crippen molar-refractivity contribution in [3.63, 3.8) is 0 Å². The van der Waals surface area contributed by atoms with Crippen LogP contribution >= 0.6 is 0 Å². The molecule has 2 aromatic rings. The molecule has 1 amide bonds. The minimum absolute atomic E-state index is 0.0257. The van der Waals surface area contributed by atoms with Crippen LogP contribution in [0.3, 0.4) is 0 Å². The number of carbonyl (C=O) groups excluding carboxylic acids is 1. The van der Waals surface area contributed by atoms with E-state index in [1.54, 1.807) is 12.5 Å². The minimum atomic E-state index is -0.453. The number of nitrogens with zero attached hydrogens (tertiary/aromatic N) is 2. The molecule has 1 atom stereocenters. The second-order valence-electron chi connectivity index (χ2n) is 5.34. The third kappa shape index (κ3) is 2.44. The van der Waals surface area contributed by atoms with Crippen LogP contribution in [0.2, 0.25) is 0 Å². The predicted molar refractivity (Wildman–Crippen MR) is 77.8 cm³/mol. The fourth-order valence-electron chi connectivity index (χ4n) is 2.51. The van der Waals surface area contributed by atoms with Crippen LogP contribution < -0.4 is 10.6 Å². The standard InChI is InChI=1S/C15H18N4O/c1-15(6-3-7-17-15)14(20)18-12-4-2-5-13(10-12)19-9-8-16-11-19/h2,4-5,8-11,17H,3,6-7H2,1H3,(H,18,20). The van der Waals surface area contributed by atoms with Crippen molar-refractivity contribution in [2.45, 2.75) is 25.3 Å². The number of anilines is 1. The highest BCUT2D eigenvalue weighted by molar-refractivity contribution is 5.98. The van der Waals surface area contributed by atoms with Crippen LogP contribution in [0, 0.1) is 0 Å².